The minimum atomic E-state index is 0.723. The Balaban J connectivity index is 2.43. The third-order valence-corrected chi connectivity index (χ3v) is 4.82. The Morgan fingerprint density at radius 3 is 2.67 bits per heavy atom. The second-order valence-corrected chi connectivity index (χ2v) is 4.84. The first-order valence-electron chi connectivity index (χ1n) is 4.33. The number of alkyl halides is 1. The Labute approximate surface area is 92.3 Å². The SMILES string of the molecule is CCN(CC)C1=NC[C@H](CI)S1. The number of rotatable bonds is 3. The summed E-state index contributed by atoms with van der Waals surface area (Å²) < 4.78 is 1.21. The summed E-state index contributed by atoms with van der Waals surface area (Å²) in [6.45, 7) is 7.54. The van der Waals surface area contributed by atoms with Gasteiger partial charge in [0, 0.05) is 22.8 Å². The van der Waals surface area contributed by atoms with Crippen LogP contribution in [0.15, 0.2) is 4.99 Å². The molecule has 0 fully saturated rings. The van der Waals surface area contributed by atoms with Crippen LogP contribution in [0.25, 0.3) is 0 Å². The number of nitrogens with zero attached hydrogens (tertiary/aromatic N) is 2. The van der Waals surface area contributed by atoms with Crippen molar-refractivity contribution in [2.45, 2.75) is 19.1 Å². The summed E-state index contributed by atoms with van der Waals surface area (Å²) in [5.41, 5.74) is 0. The maximum Gasteiger partial charge on any atom is 0.159 e. The zero-order valence-corrected chi connectivity index (χ0v) is 10.6. The minimum absolute atomic E-state index is 0.723. The van der Waals surface area contributed by atoms with E-state index in [-0.39, 0.29) is 0 Å². The Morgan fingerprint density at radius 2 is 2.25 bits per heavy atom. The van der Waals surface area contributed by atoms with Gasteiger partial charge in [0.05, 0.1) is 6.54 Å². The van der Waals surface area contributed by atoms with Crippen LogP contribution in [-0.2, 0) is 0 Å². The molecule has 0 aliphatic carbocycles. The molecule has 0 aromatic rings. The lowest BCUT2D eigenvalue weighted by Crippen LogP contribution is -2.27. The average molecular weight is 298 g/mol. The van der Waals surface area contributed by atoms with E-state index in [0.29, 0.717) is 0 Å². The Bertz CT molecular complexity index is 168. The predicted octanol–water partition coefficient (Wildman–Crippen LogP) is 2.23. The summed E-state index contributed by atoms with van der Waals surface area (Å²) in [5.74, 6) is 0. The van der Waals surface area contributed by atoms with Gasteiger partial charge in [0.15, 0.2) is 5.17 Å². The highest BCUT2D eigenvalue weighted by molar-refractivity contribution is 14.1. The van der Waals surface area contributed by atoms with Crippen molar-refractivity contribution < 1.29 is 0 Å². The van der Waals surface area contributed by atoms with E-state index in [1.54, 1.807) is 0 Å². The lowest BCUT2D eigenvalue weighted by molar-refractivity contribution is 0.474. The molecule has 1 atom stereocenters. The van der Waals surface area contributed by atoms with E-state index in [4.69, 9.17) is 0 Å². The van der Waals surface area contributed by atoms with Gasteiger partial charge in [-0.15, -0.1) is 0 Å². The van der Waals surface area contributed by atoms with Gasteiger partial charge in [0.2, 0.25) is 0 Å². The molecule has 0 N–H and O–H groups in total. The number of aliphatic imine (C=N–C) groups is 1. The van der Waals surface area contributed by atoms with E-state index < -0.39 is 0 Å². The number of hydrogen-bond acceptors (Lipinski definition) is 3. The van der Waals surface area contributed by atoms with Crippen LogP contribution < -0.4 is 0 Å². The van der Waals surface area contributed by atoms with Crippen molar-refractivity contribution in [3.05, 3.63) is 0 Å². The lowest BCUT2D eigenvalue weighted by atomic mass is 10.5. The van der Waals surface area contributed by atoms with E-state index in [2.05, 4.69) is 46.3 Å². The zero-order valence-electron chi connectivity index (χ0n) is 7.59. The molecule has 0 aromatic heterocycles. The van der Waals surface area contributed by atoms with Crippen molar-refractivity contribution in [2.24, 2.45) is 4.99 Å². The van der Waals surface area contributed by atoms with E-state index in [1.807, 2.05) is 11.8 Å². The molecule has 1 aliphatic rings. The quantitative estimate of drug-likeness (QED) is 0.586. The molecular formula is C8H15IN2S. The van der Waals surface area contributed by atoms with Crippen molar-refractivity contribution in [3.8, 4) is 0 Å². The lowest BCUT2D eigenvalue weighted by Gasteiger charge is -2.19. The molecule has 4 heteroatoms. The summed E-state index contributed by atoms with van der Waals surface area (Å²) in [6.07, 6.45) is 0. The van der Waals surface area contributed by atoms with Gasteiger partial charge in [-0.25, -0.2) is 0 Å². The molecule has 1 heterocycles. The Hall–Kier alpha value is 0.550. The molecule has 1 aliphatic heterocycles. The highest BCUT2D eigenvalue weighted by atomic mass is 127. The molecule has 0 bridgehead atoms. The molecule has 0 amide bonds. The summed E-state index contributed by atoms with van der Waals surface area (Å²) in [5, 5.41) is 1.97. The fourth-order valence-corrected chi connectivity index (χ4v) is 3.04. The number of thioether (sulfide) groups is 1. The summed E-state index contributed by atoms with van der Waals surface area (Å²) in [4.78, 5) is 6.86. The molecule has 70 valence electrons. The minimum Gasteiger partial charge on any atom is -0.352 e. The van der Waals surface area contributed by atoms with Gasteiger partial charge in [-0.3, -0.25) is 4.99 Å². The van der Waals surface area contributed by atoms with Gasteiger partial charge in [0.25, 0.3) is 0 Å². The molecular weight excluding hydrogens is 283 g/mol. The third kappa shape index (κ3) is 2.52. The second-order valence-electron chi connectivity index (χ2n) is 2.69. The van der Waals surface area contributed by atoms with Crippen LogP contribution in [-0.4, -0.2) is 39.4 Å². The van der Waals surface area contributed by atoms with Gasteiger partial charge in [-0.05, 0) is 13.8 Å². The molecule has 0 radical (unpaired) electrons. The van der Waals surface area contributed by atoms with Crippen LogP contribution in [0, 0.1) is 0 Å². The van der Waals surface area contributed by atoms with Crippen molar-refractivity contribution in [1.82, 2.24) is 4.90 Å². The van der Waals surface area contributed by atoms with Crippen LogP contribution in [0.5, 0.6) is 0 Å². The maximum absolute atomic E-state index is 4.53. The van der Waals surface area contributed by atoms with Crippen molar-refractivity contribution >= 4 is 39.5 Å². The molecule has 0 aromatic carbocycles. The van der Waals surface area contributed by atoms with Gasteiger partial charge >= 0.3 is 0 Å². The predicted molar refractivity (Wildman–Crippen MR) is 65.5 cm³/mol. The summed E-state index contributed by atoms with van der Waals surface area (Å²) in [7, 11) is 0. The fraction of sp³-hybridized carbons (Fsp3) is 0.875. The maximum atomic E-state index is 4.53. The molecule has 12 heavy (non-hydrogen) atoms. The molecule has 2 nitrogen and oxygen atoms in total. The summed E-state index contributed by atoms with van der Waals surface area (Å²) in [6, 6.07) is 0. The third-order valence-electron chi connectivity index (χ3n) is 1.91. The first-order chi connectivity index (χ1) is 5.81. The Morgan fingerprint density at radius 1 is 1.58 bits per heavy atom. The first kappa shape index (κ1) is 10.6. The number of amidine groups is 1. The topological polar surface area (TPSA) is 15.6 Å². The molecule has 0 saturated heterocycles. The van der Waals surface area contributed by atoms with Crippen LogP contribution in [0.4, 0.5) is 0 Å². The second kappa shape index (κ2) is 5.32. The average Bonchev–Trinajstić information content (AvgIpc) is 2.55. The van der Waals surface area contributed by atoms with Crippen molar-refractivity contribution in [1.29, 1.82) is 0 Å². The zero-order chi connectivity index (χ0) is 8.97. The first-order valence-corrected chi connectivity index (χ1v) is 6.74. The highest BCUT2D eigenvalue weighted by Gasteiger charge is 2.21. The number of halogens is 1. The molecule has 1 rings (SSSR count). The van der Waals surface area contributed by atoms with E-state index in [1.165, 1.54) is 9.60 Å². The van der Waals surface area contributed by atoms with Gasteiger partial charge in [-0.1, -0.05) is 34.4 Å². The monoisotopic (exact) mass is 298 g/mol. The van der Waals surface area contributed by atoms with Gasteiger partial charge in [0.1, 0.15) is 0 Å². The standard InChI is InChI=1S/C8H15IN2S/c1-3-11(4-2)8-10-6-7(5-9)12-8/h7H,3-6H2,1-2H3/t7-/m0/s1. The van der Waals surface area contributed by atoms with E-state index in [0.717, 1.165) is 24.9 Å². The van der Waals surface area contributed by atoms with Crippen LogP contribution >= 0.6 is 34.4 Å². The Kier molecular flexibility index (Phi) is 4.71. The van der Waals surface area contributed by atoms with Crippen LogP contribution in [0.1, 0.15) is 13.8 Å². The van der Waals surface area contributed by atoms with E-state index >= 15 is 0 Å². The van der Waals surface area contributed by atoms with Gasteiger partial charge < -0.3 is 4.90 Å². The smallest absolute Gasteiger partial charge is 0.159 e. The van der Waals surface area contributed by atoms with E-state index in [9.17, 15) is 0 Å². The summed E-state index contributed by atoms with van der Waals surface area (Å²) >= 11 is 4.37. The van der Waals surface area contributed by atoms with Crippen LogP contribution in [0.3, 0.4) is 0 Å². The normalized spacial score (nSPS) is 22.6. The molecule has 0 unspecified atom stereocenters. The highest BCUT2D eigenvalue weighted by Crippen LogP contribution is 2.24. The van der Waals surface area contributed by atoms with Crippen molar-refractivity contribution in [3.63, 3.8) is 0 Å². The van der Waals surface area contributed by atoms with Crippen LogP contribution in [0.2, 0.25) is 0 Å². The fourth-order valence-electron chi connectivity index (χ4n) is 1.15. The largest absolute Gasteiger partial charge is 0.352 e. The molecule has 0 saturated carbocycles. The number of hydrogen-bond donors (Lipinski definition) is 0. The van der Waals surface area contributed by atoms with Gasteiger partial charge in [-0.2, -0.15) is 0 Å². The van der Waals surface area contributed by atoms with Crippen molar-refractivity contribution in [2.75, 3.05) is 24.1 Å². The molecule has 0 spiro atoms.